The summed E-state index contributed by atoms with van der Waals surface area (Å²) in [5, 5.41) is 11.3. The third-order valence-electron chi connectivity index (χ3n) is 4.39. The summed E-state index contributed by atoms with van der Waals surface area (Å²) in [4.78, 5) is 0. The van der Waals surface area contributed by atoms with Gasteiger partial charge in [0.05, 0.1) is 5.60 Å². The summed E-state index contributed by atoms with van der Waals surface area (Å²) in [5.41, 5.74) is 1.53. The first-order valence-electron chi connectivity index (χ1n) is 7.39. The zero-order valence-electron chi connectivity index (χ0n) is 11.9. The highest BCUT2D eigenvalue weighted by molar-refractivity contribution is 5.81. The van der Waals surface area contributed by atoms with Crippen LogP contribution in [0.5, 0.6) is 0 Å². The number of nitrogens with zero attached hydrogens (tertiary/aromatic N) is 1. The van der Waals surface area contributed by atoms with Crippen LogP contribution in [0.25, 0.3) is 10.9 Å². The van der Waals surface area contributed by atoms with E-state index >= 15 is 0 Å². The first kappa shape index (κ1) is 12.7. The molecule has 3 rings (SSSR count). The Morgan fingerprint density at radius 1 is 1.11 bits per heavy atom. The SMILES string of the molecule is CC(C)(O)c1ccc2c(ccn2C2CCCCC2)c1. The number of aliphatic hydroxyl groups is 1. The van der Waals surface area contributed by atoms with Crippen LogP contribution in [0.2, 0.25) is 0 Å². The zero-order valence-corrected chi connectivity index (χ0v) is 11.9. The third-order valence-corrected chi connectivity index (χ3v) is 4.39. The third kappa shape index (κ3) is 2.42. The number of hydrogen-bond acceptors (Lipinski definition) is 1. The van der Waals surface area contributed by atoms with Gasteiger partial charge in [-0.15, -0.1) is 0 Å². The Morgan fingerprint density at radius 3 is 2.53 bits per heavy atom. The number of aromatic nitrogens is 1. The molecule has 0 spiro atoms. The molecule has 102 valence electrons. The minimum Gasteiger partial charge on any atom is -0.386 e. The molecule has 1 fully saturated rings. The molecule has 0 saturated heterocycles. The Labute approximate surface area is 115 Å². The van der Waals surface area contributed by atoms with Crippen LogP contribution in [0.15, 0.2) is 30.5 Å². The van der Waals surface area contributed by atoms with Crippen LogP contribution in [0.4, 0.5) is 0 Å². The molecule has 1 aromatic heterocycles. The highest BCUT2D eigenvalue weighted by Crippen LogP contribution is 2.32. The van der Waals surface area contributed by atoms with Gasteiger partial charge in [0.2, 0.25) is 0 Å². The predicted octanol–water partition coefficient (Wildman–Crippen LogP) is 4.37. The molecular weight excluding hydrogens is 234 g/mol. The van der Waals surface area contributed by atoms with Crippen molar-refractivity contribution in [3.8, 4) is 0 Å². The van der Waals surface area contributed by atoms with Crippen molar-refractivity contribution in [2.45, 2.75) is 57.6 Å². The topological polar surface area (TPSA) is 25.2 Å². The number of benzene rings is 1. The zero-order chi connectivity index (χ0) is 13.5. The van der Waals surface area contributed by atoms with Crippen molar-refractivity contribution in [1.29, 1.82) is 0 Å². The largest absolute Gasteiger partial charge is 0.386 e. The lowest BCUT2D eigenvalue weighted by molar-refractivity contribution is 0.0787. The predicted molar refractivity (Wildman–Crippen MR) is 79.3 cm³/mol. The molecule has 2 aromatic rings. The van der Waals surface area contributed by atoms with Crippen molar-refractivity contribution in [1.82, 2.24) is 4.57 Å². The van der Waals surface area contributed by atoms with E-state index in [1.807, 2.05) is 13.8 Å². The van der Waals surface area contributed by atoms with E-state index in [0.717, 1.165) is 5.56 Å². The molecule has 0 bridgehead atoms. The summed E-state index contributed by atoms with van der Waals surface area (Å²) in [7, 11) is 0. The van der Waals surface area contributed by atoms with E-state index in [0.29, 0.717) is 6.04 Å². The van der Waals surface area contributed by atoms with Crippen LogP contribution in [0, 0.1) is 0 Å². The Morgan fingerprint density at radius 2 is 1.84 bits per heavy atom. The maximum Gasteiger partial charge on any atom is 0.0840 e. The van der Waals surface area contributed by atoms with Gasteiger partial charge in [0, 0.05) is 17.8 Å². The van der Waals surface area contributed by atoms with Gasteiger partial charge in [-0.1, -0.05) is 25.3 Å². The minimum atomic E-state index is -0.763. The number of fused-ring (bicyclic) bond motifs is 1. The van der Waals surface area contributed by atoms with Gasteiger partial charge < -0.3 is 9.67 Å². The van der Waals surface area contributed by atoms with E-state index in [2.05, 4.69) is 35.0 Å². The van der Waals surface area contributed by atoms with Crippen molar-refractivity contribution >= 4 is 10.9 Å². The second-order valence-corrected chi connectivity index (χ2v) is 6.35. The second kappa shape index (κ2) is 4.68. The maximum atomic E-state index is 10.1. The summed E-state index contributed by atoms with van der Waals surface area (Å²) in [6, 6.07) is 9.19. The Balaban J connectivity index is 2.00. The summed E-state index contributed by atoms with van der Waals surface area (Å²) < 4.78 is 2.43. The molecule has 1 N–H and O–H groups in total. The molecule has 0 amide bonds. The number of hydrogen-bond donors (Lipinski definition) is 1. The van der Waals surface area contributed by atoms with Gasteiger partial charge in [-0.2, -0.15) is 0 Å². The van der Waals surface area contributed by atoms with Gasteiger partial charge in [0.25, 0.3) is 0 Å². The van der Waals surface area contributed by atoms with Gasteiger partial charge in [0.1, 0.15) is 0 Å². The molecular formula is C17H23NO. The molecule has 1 saturated carbocycles. The fourth-order valence-corrected chi connectivity index (χ4v) is 3.22. The maximum absolute atomic E-state index is 10.1. The van der Waals surface area contributed by atoms with Gasteiger partial charge in [-0.3, -0.25) is 0 Å². The van der Waals surface area contributed by atoms with Crippen molar-refractivity contribution in [3.05, 3.63) is 36.0 Å². The normalized spacial score (nSPS) is 18.1. The summed E-state index contributed by atoms with van der Waals surface area (Å²) >= 11 is 0. The van der Waals surface area contributed by atoms with Crippen LogP contribution in [-0.2, 0) is 5.60 Å². The first-order valence-corrected chi connectivity index (χ1v) is 7.39. The first-order chi connectivity index (χ1) is 9.05. The fourth-order valence-electron chi connectivity index (χ4n) is 3.22. The van der Waals surface area contributed by atoms with E-state index < -0.39 is 5.60 Å². The van der Waals surface area contributed by atoms with E-state index in [9.17, 15) is 5.11 Å². The molecule has 19 heavy (non-hydrogen) atoms. The van der Waals surface area contributed by atoms with Crippen molar-refractivity contribution in [2.24, 2.45) is 0 Å². The Bertz CT molecular complexity index is 570. The second-order valence-electron chi connectivity index (χ2n) is 6.35. The van der Waals surface area contributed by atoms with Crippen molar-refractivity contribution < 1.29 is 5.11 Å². The number of rotatable bonds is 2. The molecule has 0 atom stereocenters. The van der Waals surface area contributed by atoms with Crippen LogP contribution in [-0.4, -0.2) is 9.67 Å². The van der Waals surface area contributed by atoms with Crippen LogP contribution in [0.1, 0.15) is 57.6 Å². The molecule has 0 aliphatic heterocycles. The lowest BCUT2D eigenvalue weighted by atomic mass is 9.95. The van der Waals surface area contributed by atoms with Gasteiger partial charge in [0.15, 0.2) is 0 Å². The highest BCUT2D eigenvalue weighted by Gasteiger charge is 2.19. The van der Waals surface area contributed by atoms with Gasteiger partial charge >= 0.3 is 0 Å². The van der Waals surface area contributed by atoms with Crippen molar-refractivity contribution in [3.63, 3.8) is 0 Å². The van der Waals surface area contributed by atoms with E-state index in [1.165, 1.54) is 43.0 Å². The summed E-state index contributed by atoms with van der Waals surface area (Å²) in [6.07, 6.45) is 8.92. The quantitative estimate of drug-likeness (QED) is 0.849. The summed E-state index contributed by atoms with van der Waals surface area (Å²) in [5.74, 6) is 0. The highest BCUT2D eigenvalue weighted by atomic mass is 16.3. The summed E-state index contributed by atoms with van der Waals surface area (Å²) in [6.45, 7) is 3.68. The minimum absolute atomic E-state index is 0.666. The lowest BCUT2D eigenvalue weighted by Crippen LogP contribution is -2.15. The van der Waals surface area contributed by atoms with Crippen molar-refractivity contribution in [2.75, 3.05) is 0 Å². The molecule has 2 nitrogen and oxygen atoms in total. The molecule has 1 aliphatic rings. The van der Waals surface area contributed by atoms with E-state index in [-0.39, 0.29) is 0 Å². The molecule has 1 aliphatic carbocycles. The standard InChI is InChI=1S/C17H23NO/c1-17(2,19)14-8-9-16-13(12-14)10-11-18(16)15-6-4-3-5-7-15/h8-12,15,19H,3-7H2,1-2H3. The molecule has 0 radical (unpaired) electrons. The van der Waals surface area contributed by atoms with E-state index in [4.69, 9.17) is 0 Å². The fraction of sp³-hybridized carbons (Fsp3) is 0.529. The monoisotopic (exact) mass is 257 g/mol. The van der Waals surface area contributed by atoms with Gasteiger partial charge in [-0.25, -0.2) is 0 Å². The Hall–Kier alpha value is -1.28. The van der Waals surface area contributed by atoms with Gasteiger partial charge in [-0.05, 0) is 55.8 Å². The molecule has 1 aromatic carbocycles. The van der Waals surface area contributed by atoms with Crippen LogP contribution >= 0.6 is 0 Å². The smallest absolute Gasteiger partial charge is 0.0840 e. The average Bonchev–Trinajstić information content (AvgIpc) is 2.81. The molecule has 1 heterocycles. The Kier molecular flexibility index (Phi) is 3.14. The average molecular weight is 257 g/mol. The van der Waals surface area contributed by atoms with Crippen LogP contribution < -0.4 is 0 Å². The lowest BCUT2D eigenvalue weighted by Gasteiger charge is -2.24. The molecule has 2 heteroatoms. The van der Waals surface area contributed by atoms with Crippen LogP contribution in [0.3, 0.4) is 0 Å². The van der Waals surface area contributed by atoms with E-state index in [1.54, 1.807) is 0 Å². The molecule has 0 unspecified atom stereocenters.